The van der Waals surface area contributed by atoms with Crippen LogP contribution < -0.4 is 10.6 Å². The number of carbonyl (C=O) groups excluding carboxylic acids is 2. The van der Waals surface area contributed by atoms with Crippen molar-refractivity contribution in [2.24, 2.45) is 0 Å². The van der Waals surface area contributed by atoms with Crippen LogP contribution in [0.15, 0.2) is 73.1 Å². The zero-order valence-corrected chi connectivity index (χ0v) is 13.8. The number of hydrogen-bond acceptors (Lipinski definition) is 3. The minimum atomic E-state index is -0.500. The van der Waals surface area contributed by atoms with Crippen molar-refractivity contribution in [3.63, 3.8) is 0 Å². The molecule has 6 heteroatoms. The number of anilines is 1. The summed E-state index contributed by atoms with van der Waals surface area (Å²) in [7, 11) is 0. The van der Waals surface area contributed by atoms with Crippen LogP contribution >= 0.6 is 0 Å². The summed E-state index contributed by atoms with van der Waals surface area (Å²) < 4.78 is 13.3. The molecule has 0 spiro atoms. The second-order valence-corrected chi connectivity index (χ2v) is 5.55. The molecule has 130 valence electrons. The Bertz CT molecular complexity index is 929. The number of nitrogens with zero attached hydrogens (tertiary/aromatic N) is 1. The van der Waals surface area contributed by atoms with Gasteiger partial charge in [-0.1, -0.05) is 24.3 Å². The van der Waals surface area contributed by atoms with E-state index in [4.69, 9.17) is 0 Å². The second kappa shape index (κ2) is 8.02. The number of aromatic nitrogens is 1. The molecular formula is C20H16FN3O2. The fourth-order valence-corrected chi connectivity index (χ4v) is 2.39. The molecule has 3 aromatic rings. The molecule has 0 fully saturated rings. The Kier molecular flexibility index (Phi) is 5.34. The lowest BCUT2D eigenvalue weighted by Gasteiger charge is -2.11. The normalized spacial score (nSPS) is 10.2. The third kappa shape index (κ3) is 4.30. The van der Waals surface area contributed by atoms with Crippen molar-refractivity contribution in [1.29, 1.82) is 0 Å². The highest BCUT2D eigenvalue weighted by atomic mass is 19.1. The molecule has 1 aromatic heterocycles. The van der Waals surface area contributed by atoms with Crippen molar-refractivity contribution in [3.05, 3.63) is 95.6 Å². The smallest absolute Gasteiger partial charge is 0.255 e. The molecule has 5 nitrogen and oxygen atoms in total. The van der Waals surface area contributed by atoms with Crippen molar-refractivity contribution in [2.45, 2.75) is 6.54 Å². The van der Waals surface area contributed by atoms with Gasteiger partial charge in [0.15, 0.2) is 0 Å². The fourth-order valence-electron chi connectivity index (χ4n) is 2.39. The van der Waals surface area contributed by atoms with E-state index in [0.29, 0.717) is 17.8 Å². The average molecular weight is 349 g/mol. The molecule has 0 aliphatic rings. The van der Waals surface area contributed by atoms with Crippen molar-refractivity contribution >= 4 is 17.5 Å². The predicted octanol–water partition coefficient (Wildman–Crippen LogP) is 3.40. The van der Waals surface area contributed by atoms with Gasteiger partial charge in [0.05, 0.1) is 11.3 Å². The summed E-state index contributed by atoms with van der Waals surface area (Å²) in [6.45, 7) is 0.318. The first-order chi connectivity index (χ1) is 12.6. The number of pyridine rings is 1. The van der Waals surface area contributed by atoms with Gasteiger partial charge in [0.2, 0.25) is 0 Å². The SMILES string of the molecule is O=C(Nc1ccccc1C(=O)NCc1cccnc1)c1cccc(F)c1. The lowest BCUT2D eigenvalue weighted by Crippen LogP contribution is -2.25. The quantitative estimate of drug-likeness (QED) is 0.742. The van der Waals surface area contributed by atoms with Crippen molar-refractivity contribution in [2.75, 3.05) is 5.32 Å². The van der Waals surface area contributed by atoms with E-state index >= 15 is 0 Å². The van der Waals surface area contributed by atoms with E-state index in [1.54, 1.807) is 42.7 Å². The summed E-state index contributed by atoms with van der Waals surface area (Å²) >= 11 is 0. The Morgan fingerprint density at radius 2 is 1.81 bits per heavy atom. The fraction of sp³-hybridized carbons (Fsp3) is 0.0500. The highest BCUT2D eigenvalue weighted by molar-refractivity contribution is 6.08. The molecule has 0 unspecified atom stereocenters. The monoisotopic (exact) mass is 349 g/mol. The number of benzene rings is 2. The molecular weight excluding hydrogens is 333 g/mol. The first kappa shape index (κ1) is 17.3. The average Bonchev–Trinajstić information content (AvgIpc) is 2.67. The number of nitrogens with one attached hydrogen (secondary N) is 2. The summed E-state index contributed by atoms with van der Waals surface area (Å²) in [5.41, 5.74) is 1.71. The Hall–Kier alpha value is -3.54. The van der Waals surface area contributed by atoms with E-state index in [1.165, 1.54) is 18.2 Å². The van der Waals surface area contributed by atoms with Crippen LogP contribution in [0.25, 0.3) is 0 Å². The van der Waals surface area contributed by atoms with Crippen LogP contribution in [-0.2, 0) is 6.54 Å². The maximum Gasteiger partial charge on any atom is 0.255 e. The molecule has 3 rings (SSSR count). The van der Waals surface area contributed by atoms with Crippen LogP contribution in [0.4, 0.5) is 10.1 Å². The van der Waals surface area contributed by atoms with Crippen LogP contribution in [0.2, 0.25) is 0 Å². The number of hydrogen-bond donors (Lipinski definition) is 2. The molecule has 26 heavy (non-hydrogen) atoms. The predicted molar refractivity (Wildman–Crippen MR) is 96.2 cm³/mol. The summed E-state index contributed by atoms with van der Waals surface area (Å²) in [6, 6.07) is 15.6. The van der Waals surface area contributed by atoms with Gasteiger partial charge in [0, 0.05) is 24.5 Å². The number of amides is 2. The third-order valence-electron chi connectivity index (χ3n) is 3.68. The van der Waals surface area contributed by atoms with Gasteiger partial charge < -0.3 is 10.6 Å². The van der Waals surface area contributed by atoms with Crippen LogP contribution in [-0.4, -0.2) is 16.8 Å². The molecule has 2 aromatic carbocycles. The Balaban J connectivity index is 1.73. The molecule has 0 aliphatic heterocycles. The van der Waals surface area contributed by atoms with Crippen LogP contribution in [0, 0.1) is 5.82 Å². The molecule has 2 N–H and O–H groups in total. The van der Waals surface area contributed by atoms with E-state index in [0.717, 1.165) is 11.6 Å². The third-order valence-corrected chi connectivity index (χ3v) is 3.68. The maximum atomic E-state index is 13.3. The van der Waals surface area contributed by atoms with E-state index < -0.39 is 11.7 Å². The van der Waals surface area contributed by atoms with Crippen molar-refractivity contribution < 1.29 is 14.0 Å². The van der Waals surface area contributed by atoms with Gasteiger partial charge in [0.1, 0.15) is 5.82 Å². The van der Waals surface area contributed by atoms with E-state index in [2.05, 4.69) is 15.6 Å². The number of rotatable bonds is 5. The van der Waals surface area contributed by atoms with Crippen LogP contribution in [0.1, 0.15) is 26.3 Å². The van der Waals surface area contributed by atoms with E-state index in [9.17, 15) is 14.0 Å². The van der Waals surface area contributed by atoms with Gasteiger partial charge in [-0.05, 0) is 42.0 Å². The number of carbonyl (C=O) groups is 2. The van der Waals surface area contributed by atoms with Gasteiger partial charge in [-0.3, -0.25) is 14.6 Å². The summed E-state index contributed by atoms with van der Waals surface area (Å²) in [5.74, 6) is -1.32. The largest absolute Gasteiger partial charge is 0.348 e. The molecule has 0 bridgehead atoms. The Morgan fingerprint density at radius 3 is 2.58 bits per heavy atom. The summed E-state index contributed by atoms with van der Waals surface area (Å²) in [5, 5.41) is 5.44. The van der Waals surface area contributed by atoms with Gasteiger partial charge in [-0.15, -0.1) is 0 Å². The van der Waals surface area contributed by atoms with Crippen molar-refractivity contribution in [1.82, 2.24) is 10.3 Å². The molecule has 0 atom stereocenters. The topological polar surface area (TPSA) is 71.1 Å². The van der Waals surface area contributed by atoms with Crippen LogP contribution in [0.3, 0.4) is 0 Å². The molecule has 0 aliphatic carbocycles. The summed E-state index contributed by atoms with van der Waals surface area (Å²) in [4.78, 5) is 28.8. The Labute approximate surface area is 149 Å². The minimum absolute atomic E-state index is 0.176. The lowest BCUT2D eigenvalue weighted by molar-refractivity contribution is 0.0951. The lowest BCUT2D eigenvalue weighted by atomic mass is 10.1. The second-order valence-electron chi connectivity index (χ2n) is 5.55. The van der Waals surface area contributed by atoms with Gasteiger partial charge in [0.25, 0.3) is 11.8 Å². The zero-order chi connectivity index (χ0) is 18.4. The summed E-state index contributed by atoms with van der Waals surface area (Å²) in [6.07, 6.45) is 3.32. The molecule has 1 heterocycles. The molecule has 0 radical (unpaired) electrons. The van der Waals surface area contributed by atoms with Crippen molar-refractivity contribution in [3.8, 4) is 0 Å². The maximum absolute atomic E-state index is 13.3. The van der Waals surface area contributed by atoms with Crippen LogP contribution in [0.5, 0.6) is 0 Å². The first-order valence-corrected chi connectivity index (χ1v) is 7.96. The zero-order valence-electron chi connectivity index (χ0n) is 13.8. The number of halogens is 1. The van der Waals surface area contributed by atoms with E-state index in [1.807, 2.05) is 6.07 Å². The molecule has 2 amide bonds. The molecule has 0 saturated heterocycles. The highest BCUT2D eigenvalue weighted by Gasteiger charge is 2.14. The Morgan fingerprint density at radius 1 is 0.962 bits per heavy atom. The number of para-hydroxylation sites is 1. The van der Waals surface area contributed by atoms with Gasteiger partial charge in [-0.2, -0.15) is 0 Å². The van der Waals surface area contributed by atoms with Gasteiger partial charge in [-0.25, -0.2) is 4.39 Å². The minimum Gasteiger partial charge on any atom is -0.348 e. The standard InChI is InChI=1S/C20H16FN3O2/c21-16-7-3-6-15(11-16)19(25)24-18-9-2-1-8-17(18)20(26)23-13-14-5-4-10-22-12-14/h1-12H,13H2,(H,23,26)(H,24,25). The molecule has 0 saturated carbocycles. The first-order valence-electron chi connectivity index (χ1n) is 7.96. The van der Waals surface area contributed by atoms with E-state index in [-0.39, 0.29) is 11.5 Å². The van der Waals surface area contributed by atoms with Gasteiger partial charge >= 0.3 is 0 Å². The highest BCUT2D eigenvalue weighted by Crippen LogP contribution is 2.17.